The Balaban J connectivity index is 1.83. The number of likely N-dealkylation sites (N-methyl/N-ethyl adjacent to an activating group) is 1. The maximum atomic E-state index is 6.09. The molecule has 1 fully saturated rings. The molecule has 1 atom stereocenters. The summed E-state index contributed by atoms with van der Waals surface area (Å²) in [6.45, 7) is 9.07. The average molecular weight is 275 g/mol. The molecule has 1 aliphatic carbocycles. The molecule has 0 aromatic rings. The van der Waals surface area contributed by atoms with Crippen LogP contribution in [-0.4, -0.2) is 54.4 Å². The molecule has 0 aromatic heterocycles. The Labute approximate surface area is 114 Å². The lowest BCUT2D eigenvalue weighted by molar-refractivity contribution is 0.146. The van der Waals surface area contributed by atoms with Gasteiger partial charge in [0.1, 0.15) is 0 Å². The Kier molecular flexibility index (Phi) is 4.92. The molecule has 0 amide bonds. The van der Waals surface area contributed by atoms with Crippen LogP contribution >= 0.6 is 23.2 Å². The second kappa shape index (κ2) is 6.24. The molecule has 1 unspecified atom stereocenters. The highest BCUT2D eigenvalue weighted by atomic mass is 35.5. The summed E-state index contributed by atoms with van der Waals surface area (Å²) in [5.74, 6) is 0. The Hall–Kier alpha value is -0.0200. The summed E-state index contributed by atoms with van der Waals surface area (Å²) in [7, 11) is 0. The van der Waals surface area contributed by atoms with Gasteiger partial charge in [0, 0.05) is 37.8 Å². The van der Waals surface area contributed by atoms with E-state index in [1.54, 1.807) is 0 Å². The second-order valence-electron chi connectivity index (χ2n) is 4.72. The van der Waals surface area contributed by atoms with Crippen molar-refractivity contribution in [3.05, 3.63) is 22.8 Å². The van der Waals surface area contributed by atoms with Crippen molar-refractivity contribution in [2.45, 2.75) is 18.7 Å². The monoisotopic (exact) mass is 274 g/mol. The normalized spacial score (nSPS) is 27.8. The Morgan fingerprint density at radius 2 is 1.88 bits per heavy atom. The number of alkyl halides is 1. The van der Waals surface area contributed by atoms with Crippen molar-refractivity contribution in [2.24, 2.45) is 0 Å². The van der Waals surface area contributed by atoms with Crippen molar-refractivity contribution in [1.29, 1.82) is 0 Å². The predicted molar refractivity (Wildman–Crippen MR) is 74.8 cm³/mol. The van der Waals surface area contributed by atoms with Crippen LogP contribution in [0.5, 0.6) is 0 Å². The molecule has 0 spiro atoms. The molecule has 0 bridgehead atoms. The molecule has 2 nitrogen and oxygen atoms in total. The second-order valence-corrected chi connectivity index (χ2v) is 5.69. The van der Waals surface area contributed by atoms with Gasteiger partial charge in [-0.3, -0.25) is 4.90 Å². The summed E-state index contributed by atoms with van der Waals surface area (Å²) < 4.78 is 0. The number of hydrogen-bond acceptors (Lipinski definition) is 2. The molecule has 17 heavy (non-hydrogen) atoms. The quantitative estimate of drug-likeness (QED) is 0.731. The van der Waals surface area contributed by atoms with Gasteiger partial charge in [0.2, 0.25) is 0 Å². The lowest BCUT2D eigenvalue weighted by atomic mass is 10.1. The highest BCUT2D eigenvalue weighted by Crippen LogP contribution is 2.26. The van der Waals surface area contributed by atoms with Crippen molar-refractivity contribution >= 4 is 23.2 Å². The number of allylic oxidation sites excluding steroid dienone is 2. The maximum absolute atomic E-state index is 6.09. The summed E-state index contributed by atoms with van der Waals surface area (Å²) in [4.78, 5) is 4.98. The minimum atomic E-state index is -0.0163. The van der Waals surface area contributed by atoms with E-state index in [4.69, 9.17) is 23.2 Å². The fourth-order valence-corrected chi connectivity index (χ4v) is 2.71. The van der Waals surface area contributed by atoms with Gasteiger partial charge in [-0.15, -0.1) is 11.6 Å². The van der Waals surface area contributed by atoms with E-state index in [0.29, 0.717) is 0 Å². The third-order valence-electron chi connectivity index (χ3n) is 3.53. The Bertz CT molecular complexity index is 317. The zero-order chi connectivity index (χ0) is 12.3. The molecule has 0 aromatic carbocycles. The van der Waals surface area contributed by atoms with E-state index < -0.39 is 0 Å². The molecule has 1 aliphatic heterocycles. The van der Waals surface area contributed by atoms with E-state index in [-0.39, 0.29) is 5.38 Å². The summed E-state index contributed by atoms with van der Waals surface area (Å²) in [5.41, 5.74) is 1.32. The smallest absolute Gasteiger partial charge is 0.0726 e. The lowest BCUT2D eigenvalue weighted by Gasteiger charge is -2.34. The highest BCUT2D eigenvalue weighted by molar-refractivity contribution is 6.37. The van der Waals surface area contributed by atoms with E-state index in [2.05, 4.69) is 22.8 Å². The summed E-state index contributed by atoms with van der Waals surface area (Å²) in [6.07, 6.45) is 5.12. The van der Waals surface area contributed by atoms with Crippen LogP contribution in [0.3, 0.4) is 0 Å². The van der Waals surface area contributed by atoms with Gasteiger partial charge < -0.3 is 4.90 Å². The topological polar surface area (TPSA) is 6.48 Å². The summed E-state index contributed by atoms with van der Waals surface area (Å²) >= 11 is 12.1. The van der Waals surface area contributed by atoms with Crippen LogP contribution in [0.2, 0.25) is 0 Å². The minimum Gasteiger partial charge on any atom is -0.301 e. The first kappa shape index (κ1) is 13.4. The standard InChI is InChI=1S/C13H20Cl2N2/c1-2-16-5-7-17(8-6-16)10-11-3-4-12(14)13(15)9-11/h3,9,12H,2,4-8,10H2,1H3. The van der Waals surface area contributed by atoms with Crippen LogP contribution in [0.1, 0.15) is 13.3 Å². The predicted octanol–water partition coefficient (Wildman–Crippen LogP) is 2.68. The van der Waals surface area contributed by atoms with Gasteiger partial charge in [-0.25, -0.2) is 0 Å². The number of hydrogen-bond donors (Lipinski definition) is 0. The molecule has 1 saturated heterocycles. The molecule has 0 radical (unpaired) electrons. The number of halogens is 2. The van der Waals surface area contributed by atoms with E-state index in [1.165, 1.54) is 18.7 Å². The van der Waals surface area contributed by atoms with E-state index in [1.807, 2.05) is 6.08 Å². The first-order valence-electron chi connectivity index (χ1n) is 6.34. The SMILES string of the molecule is CCN1CCN(CC2=CCC(Cl)C(Cl)=C2)CC1. The third kappa shape index (κ3) is 3.72. The van der Waals surface area contributed by atoms with Crippen LogP contribution in [0, 0.1) is 0 Å². The number of nitrogens with zero attached hydrogens (tertiary/aromatic N) is 2. The number of rotatable bonds is 3. The average Bonchev–Trinajstić information content (AvgIpc) is 2.35. The molecule has 0 N–H and O–H groups in total. The Morgan fingerprint density at radius 3 is 2.47 bits per heavy atom. The largest absolute Gasteiger partial charge is 0.301 e. The molecule has 0 saturated carbocycles. The fraction of sp³-hybridized carbons (Fsp3) is 0.692. The van der Waals surface area contributed by atoms with Gasteiger partial charge in [-0.05, 0) is 24.6 Å². The van der Waals surface area contributed by atoms with Crippen molar-refractivity contribution in [2.75, 3.05) is 39.3 Å². The van der Waals surface area contributed by atoms with Crippen LogP contribution < -0.4 is 0 Å². The molecule has 4 heteroatoms. The molecule has 1 heterocycles. The van der Waals surface area contributed by atoms with Crippen LogP contribution in [-0.2, 0) is 0 Å². The summed E-state index contributed by atoms with van der Waals surface area (Å²) in [6, 6.07) is 0. The first-order chi connectivity index (χ1) is 8.19. The molecule has 2 aliphatic rings. The maximum Gasteiger partial charge on any atom is 0.0726 e. The Morgan fingerprint density at radius 1 is 1.24 bits per heavy atom. The molecular weight excluding hydrogens is 255 g/mol. The van der Waals surface area contributed by atoms with Crippen molar-refractivity contribution < 1.29 is 0 Å². The minimum absolute atomic E-state index is 0.0163. The van der Waals surface area contributed by atoms with Crippen molar-refractivity contribution in [3.63, 3.8) is 0 Å². The number of piperazine rings is 1. The zero-order valence-electron chi connectivity index (χ0n) is 10.3. The molecule has 96 valence electrons. The van der Waals surface area contributed by atoms with Gasteiger partial charge in [-0.1, -0.05) is 24.6 Å². The van der Waals surface area contributed by atoms with Gasteiger partial charge >= 0.3 is 0 Å². The van der Waals surface area contributed by atoms with Crippen LogP contribution in [0.4, 0.5) is 0 Å². The van der Waals surface area contributed by atoms with E-state index in [9.17, 15) is 0 Å². The van der Waals surface area contributed by atoms with Crippen LogP contribution in [0.25, 0.3) is 0 Å². The molecule has 2 rings (SSSR count). The van der Waals surface area contributed by atoms with Gasteiger partial charge in [0.15, 0.2) is 0 Å². The molecular formula is C13H20Cl2N2. The van der Waals surface area contributed by atoms with E-state index in [0.717, 1.165) is 37.6 Å². The van der Waals surface area contributed by atoms with Crippen molar-refractivity contribution in [3.8, 4) is 0 Å². The fourth-order valence-electron chi connectivity index (χ4n) is 2.33. The zero-order valence-corrected chi connectivity index (χ0v) is 11.8. The third-order valence-corrected chi connectivity index (χ3v) is 4.43. The first-order valence-corrected chi connectivity index (χ1v) is 7.15. The highest BCUT2D eigenvalue weighted by Gasteiger charge is 2.18. The van der Waals surface area contributed by atoms with Crippen molar-refractivity contribution in [1.82, 2.24) is 9.80 Å². The van der Waals surface area contributed by atoms with Gasteiger partial charge in [0.25, 0.3) is 0 Å². The van der Waals surface area contributed by atoms with Gasteiger partial charge in [0.05, 0.1) is 5.38 Å². The lowest BCUT2D eigenvalue weighted by Crippen LogP contribution is -2.46. The van der Waals surface area contributed by atoms with E-state index >= 15 is 0 Å². The van der Waals surface area contributed by atoms with Crippen LogP contribution in [0.15, 0.2) is 22.8 Å². The summed E-state index contributed by atoms with van der Waals surface area (Å²) in [5, 5.41) is 0.772. The van der Waals surface area contributed by atoms with Gasteiger partial charge in [-0.2, -0.15) is 0 Å².